The van der Waals surface area contributed by atoms with Crippen LogP contribution in [-0.2, 0) is 4.79 Å². The van der Waals surface area contributed by atoms with Gasteiger partial charge in [-0.15, -0.1) is 0 Å². The Kier molecular flexibility index (Phi) is 8.96. The number of nitrogens with one attached hydrogen (secondary N) is 1. The van der Waals surface area contributed by atoms with E-state index in [1.807, 2.05) is 32.9 Å². The SMILES string of the molecule is Cc1ncsc1-c1ccc(C(F)NC(=O)[C@@H]2[I-]CC[N+]2([O-])C[C@@H](/C(O)=C/C(C)(C)N)C(C)C)cc1. The summed E-state index contributed by atoms with van der Waals surface area (Å²) >= 11 is 0.780. The van der Waals surface area contributed by atoms with Gasteiger partial charge in [0.2, 0.25) is 0 Å². The summed E-state index contributed by atoms with van der Waals surface area (Å²) in [5.74, 6) is -0.929. The molecule has 4 atom stereocenters. The van der Waals surface area contributed by atoms with E-state index in [2.05, 4.69) is 10.3 Å². The molecule has 0 bridgehead atoms. The van der Waals surface area contributed by atoms with Gasteiger partial charge in [-0.3, -0.25) is 0 Å². The summed E-state index contributed by atoms with van der Waals surface area (Å²) in [4.78, 5) is 18.3. The van der Waals surface area contributed by atoms with Gasteiger partial charge in [0.25, 0.3) is 0 Å². The first-order valence-electron chi connectivity index (χ1n) is 11.6. The molecule has 194 valence electrons. The van der Waals surface area contributed by atoms with Crippen molar-refractivity contribution in [2.75, 3.05) is 17.5 Å². The number of thiazole rings is 1. The molecule has 1 aromatic heterocycles. The maximum absolute atomic E-state index is 15.0. The average Bonchev–Trinajstić information content (AvgIpc) is 3.36. The first-order chi connectivity index (χ1) is 16.3. The fourth-order valence-electron chi connectivity index (χ4n) is 4.13. The van der Waals surface area contributed by atoms with Crippen molar-refractivity contribution >= 4 is 17.2 Å². The predicted octanol–water partition coefficient (Wildman–Crippen LogP) is 1.40. The first kappa shape index (κ1) is 28.0. The Morgan fingerprint density at radius 2 is 2.09 bits per heavy atom. The first-order valence-corrected chi connectivity index (χ1v) is 15.3. The molecule has 0 aliphatic carbocycles. The molecule has 0 saturated carbocycles. The zero-order valence-corrected chi connectivity index (χ0v) is 23.8. The molecule has 1 amide bonds. The molecule has 35 heavy (non-hydrogen) atoms. The van der Waals surface area contributed by atoms with Gasteiger partial charge in [-0.25, -0.2) is 0 Å². The Balaban J connectivity index is 1.71. The fraction of sp³-hybridized carbons (Fsp3) is 0.520. The van der Waals surface area contributed by atoms with Gasteiger partial charge in [-0.2, -0.15) is 0 Å². The standard InChI is InChI=1S/C25H35FIN4O3S/c1-15(2)19(20(32)12-25(4,5)28)13-31(34)11-10-27-23(31)24(33)30-22(26)18-8-6-17(7-9-18)21-16(3)29-14-35-21/h6-9,12,14-15,19,22-23,32H,10-11,13,28H2,1-5H3,(H,30,33)/q-1/b20-12-/t19-,22?,23-,31?/m1/s1. The van der Waals surface area contributed by atoms with Gasteiger partial charge in [0, 0.05) is 0 Å². The van der Waals surface area contributed by atoms with Crippen LogP contribution >= 0.6 is 11.3 Å². The molecule has 2 aromatic rings. The second kappa shape index (κ2) is 11.2. The monoisotopic (exact) mass is 617 g/mol. The van der Waals surface area contributed by atoms with E-state index in [4.69, 9.17) is 5.73 Å². The number of rotatable bonds is 9. The molecule has 3 rings (SSSR count). The van der Waals surface area contributed by atoms with Crippen LogP contribution in [0.15, 0.2) is 41.6 Å². The van der Waals surface area contributed by atoms with Gasteiger partial charge in [-0.05, 0) is 0 Å². The minimum atomic E-state index is -1.70. The van der Waals surface area contributed by atoms with Crippen molar-refractivity contribution in [3.63, 3.8) is 0 Å². The van der Waals surface area contributed by atoms with Crippen LogP contribution in [-0.4, -0.2) is 47.7 Å². The summed E-state index contributed by atoms with van der Waals surface area (Å²) in [7, 11) is 0. The molecule has 1 aliphatic heterocycles. The van der Waals surface area contributed by atoms with Crippen molar-refractivity contribution < 1.29 is 40.1 Å². The molecular formula is C25H35FIN4O3S-. The molecule has 1 aromatic carbocycles. The molecule has 1 saturated heterocycles. The van der Waals surface area contributed by atoms with Crippen molar-refractivity contribution in [2.45, 2.75) is 50.5 Å². The maximum atomic E-state index is 15.0. The number of halogens is 2. The van der Waals surface area contributed by atoms with Crippen molar-refractivity contribution in [3.05, 3.63) is 58.1 Å². The summed E-state index contributed by atoms with van der Waals surface area (Å²) < 4.78 is 14.2. The van der Waals surface area contributed by atoms with Crippen LogP contribution in [0.2, 0.25) is 0 Å². The van der Waals surface area contributed by atoms with Crippen LogP contribution < -0.4 is 32.3 Å². The zero-order chi connectivity index (χ0) is 26.0. The number of nitrogens with zero attached hydrogens (tertiary/aromatic N) is 2. The summed E-state index contributed by atoms with van der Waals surface area (Å²) in [6, 6.07) is 6.92. The third kappa shape index (κ3) is 7.00. The van der Waals surface area contributed by atoms with Gasteiger partial charge in [-0.1, -0.05) is 0 Å². The molecule has 4 N–H and O–H groups in total. The van der Waals surface area contributed by atoms with E-state index in [1.54, 1.807) is 37.6 Å². The quantitative estimate of drug-likeness (QED) is 0.0985. The number of amides is 1. The topological polar surface area (TPSA) is 111 Å². The number of aromatic nitrogens is 1. The van der Waals surface area contributed by atoms with E-state index in [-0.39, 0.29) is 18.2 Å². The molecule has 2 heterocycles. The van der Waals surface area contributed by atoms with Crippen LogP contribution in [0, 0.1) is 24.0 Å². The average molecular weight is 618 g/mol. The molecule has 1 aliphatic rings. The van der Waals surface area contributed by atoms with Crippen LogP contribution in [0.5, 0.6) is 0 Å². The summed E-state index contributed by atoms with van der Waals surface area (Å²) in [6.45, 7) is 9.69. The van der Waals surface area contributed by atoms with Gasteiger partial charge < -0.3 is 0 Å². The van der Waals surface area contributed by atoms with E-state index in [9.17, 15) is 15.1 Å². The Morgan fingerprint density at radius 1 is 1.43 bits per heavy atom. The number of aliphatic hydroxyl groups is 1. The molecule has 1 fully saturated rings. The molecule has 0 spiro atoms. The van der Waals surface area contributed by atoms with Crippen molar-refractivity contribution in [1.29, 1.82) is 0 Å². The third-order valence-electron chi connectivity index (χ3n) is 6.04. The Morgan fingerprint density at radius 3 is 2.63 bits per heavy atom. The number of quaternary nitrogens is 1. The molecular weight excluding hydrogens is 582 g/mol. The van der Waals surface area contributed by atoms with E-state index in [1.165, 1.54) is 11.3 Å². The number of hydroxylamine groups is 3. The van der Waals surface area contributed by atoms with Crippen LogP contribution in [0.1, 0.15) is 45.2 Å². The van der Waals surface area contributed by atoms with Crippen molar-refractivity contribution in [3.8, 4) is 10.4 Å². The van der Waals surface area contributed by atoms with Crippen molar-refractivity contribution in [1.82, 2.24) is 10.3 Å². The third-order valence-corrected chi connectivity index (χ3v) is 10.5. The predicted molar refractivity (Wildman–Crippen MR) is 134 cm³/mol. The van der Waals surface area contributed by atoms with Gasteiger partial charge >= 0.3 is 222 Å². The summed E-state index contributed by atoms with van der Waals surface area (Å²) in [5, 5.41) is 26.9. The summed E-state index contributed by atoms with van der Waals surface area (Å²) in [6.07, 6.45) is -0.136. The number of carbonyl (C=O) groups is 1. The number of benzene rings is 1. The molecule has 0 radical (unpaired) electrons. The number of nitrogens with two attached hydrogens (primary N) is 1. The van der Waals surface area contributed by atoms with Crippen LogP contribution in [0.25, 0.3) is 10.4 Å². The number of aliphatic hydroxyl groups excluding tert-OH is 1. The van der Waals surface area contributed by atoms with E-state index in [0.717, 1.165) is 16.1 Å². The number of hydrogen-bond acceptors (Lipinski definition) is 6. The van der Waals surface area contributed by atoms with Crippen molar-refractivity contribution in [2.24, 2.45) is 17.6 Å². The molecule has 10 heteroatoms. The second-order valence-corrected chi connectivity index (χ2v) is 14.0. The number of alkyl halides is 3. The minimum absolute atomic E-state index is 0.0188. The van der Waals surface area contributed by atoms with E-state index >= 15 is 4.39 Å². The van der Waals surface area contributed by atoms with Gasteiger partial charge in [0.15, 0.2) is 0 Å². The molecule has 7 nitrogen and oxygen atoms in total. The second-order valence-electron chi connectivity index (χ2n) is 10.0. The van der Waals surface area contributed by atoms with E-state index < -0.39 is 53.6 Å². The van der Waals surface area contributed by atoms with Crippen LogP contribution in [0.3, 0.4) is 0 Å². The van der Waals surface area contributed by atoms with Crippen LogP contribution in [0.4, 0.5) is 4.39 Å². The van der Waals surface area contributed by atoms with Gasteiger partial charge in [0.1, 0.15) is 0 Å². The Hall–Kier alpha value is -1.60. The number of aryl methyl sites for hydroxylation is 1. The van der Waals surface area contributed by atoms with E-state index in [0.29, 0.717) is 16.5 Å². The number of hydrogen-bond donors (Lipinski definition) is 3. The zero-order valence-electron chi connectivity index (χ0n) is 20.8. The fourth-order valence-corrected chi connectivity index (χ4v) is 8.43. The summed E-state index contributed by atoms with van der Waals surface area (Å²) in [5.41, 5.74) is 9.25. The Bertz CT molecular complexity index is 1050. The normalized spacial score (nSPS) is 23.1. The van der Waals surface area contributed by atoms with Gasteiger partial charge in [0.05, 0.1) is 0 Å². The molecule has 2 unspecified atom stereocenters. The number of carbonyl (C=O) groups excluding carboxylic acids is 1. The Labute approximate surface area is 221 Å².